The summed E-state index contributed by atoms with van der Waals surface area (Å²) in [7, 11) is 0. The van der Waals surface area contributed by atoms with Crippen LogP contribution in [0.5, 0.6) is 0 Å². The second-order valence-corrected chi connectivity index (χ2v) is 6.61. The Morgan fingerprint density at radius 3 is 1.54 bits per heavy atom. The molecule has 0 atom stereocenters. The molecule has 0 saturated heterocycles. The SMILES string of the molecule is CCCCCCCC(c1ccc(C(=O)O)cc1)c1ccc(C(=O)O)cc1. The maximum absolute atomic E-state index is 11.1. The van der Waals surface area contributed by atoms with Gasteiger partial charge in [-0.1, -0.05) is 63.3 Å². The molecule has 4 heteroatoms. The Morgan fingerprint density at radius 2 is 1.15 bits per heavy atom. The lowest BCUT2D eigenvalue weighted by molar-refractivity contribution is 0.0686. The lowest BCUT2D eigenvalue weighted by atomic mass is 9.86. The minimum Gasteiger partial charge on any atom is -0.478 e. The highest BCUT2D eigenvalue weighted by molar-refractivity contribution is 5.88. The Balaban J connectivity index is 2.20. The second kappa shape index (κ2) is 9.76. The molecular weight excluding hydrogens is 328 g/mol. The monoisotopic (exact) mass is 354 g/mol. The molecule has 0 spiro atoms. The van der Waals surface area contributed by atoms with Gasteiger partial charge in [0.05, 0.1) is 11.1 Å². The molecule has 0 amide bonds. The molecule has 0 aromatic heterocycles. The Hall–Kier alpha value is -2.62. The van der Waals surface area contributed by atoms with Gasteiger partial charge >= 0.3 is 11.9 Å². The lowest BCUT2D eigenvalue weighted by Crippen LogP contribution is -2.04. The Kier molecular flexibility index (Phi) is 7.39. The first-order valence-electron chi connectivity index (χ1n) is 9.19. The summed E-state index contributed by atoms with van der Waals surface area (Å²) in [5.74, 6) is -1.72. The van der Waals surface area contributed by atoms with Crippen molar-refractivity contribution in [1.29, 1.82) is 0 Å². The van der Waals surface area contributed by atoms with Crippen LogP contribution in [0.2, 0.25) is 0 Å². The number of benzene rings is 2. The largest absolute Gasteiger partial charge is 0.478 e. The molecule has 26 heavy (non-hydrogen) atoms. The normalized spacial score (nSPS) is 10.8. The Morgan fingerprint density at radius 1 is 0.731 bits per heavy atom. The minimum absolute atomic E-state index is 0.141. The zero-order valence-electron chi connectivity index (χ0n) is 15.1. The predicted molar refractivity (Wildman–Crippen MR) is 102 cm³/mol. The van der Waals surface area contributed by atoms with Crippen molar-refractivity contribution in [2.75, 3.05) is 0 Å². The number of carboxylic acid groups (broad SMARTS) is 2. The number of aromatic carboxylic acids is 2. The summed E-state index contributed by atoms with van der Waals surface area (Å²) in [5, 5.41) is 18.2. The van der Waals surface area contributed by atoms with Crippen LogP contribution in [0.4, 0.5) is 0 Å². The van der Waals surface area contributed by atoms with Crippen LogP contribution in [0.15, 0.2) is 48.5 Å². The number of unbranched alkanes of at least 4 members (excludes halogenated alkanes) is 4. The first-order chi connectivity index (χ1) is 12.5. The van der Waals surface area contributed by atoms with Gasteiger partial charge in [-0.3, -0.25) is 0 Å². The van der Waals surface area contributed by atoms with Crippen LogP contribution >= 0.6 is 0 Å². The molecule has 0 aliphatic heterocycles. The van der Waals surface area contributed by atoms with E-state index in [0.717, 1.165) is 24.0 Å². The summed E-state index contributed by atoms with van der Waals surface area (Å²) in [4.78, 5) is 22.1. The van der Waals surface area contributed by atoms with Crippen molar-refractivity contribution in [3.05, 3.63) is 70.8 Å². The van der Waals surface area contributed by atoms with Crippen molar-refractivity contribution in [1.82, 2.24) is 0 Å². The molecule has 0 aliphatic rings. The molecule has 0 heterocycles. The third-order valence-electron chi connectivity index (χ3n) is 4.72. The summed E-state index contributed by atoms with van der Waals surface area (Å²) in [6, 6.07) is 14.0. The molecule has 0 saturated carbocycles. The third kappa shape index (κ3) is 5.45. The zero-order valence-corrected chi connectivity index (χ0v) is 15.1. The van der Waals surface area contributed by atoms with Crippen LogP contribution in [-0.2, 0) is 0 Å². The van der Waals surface area contributed by atoms with E-state index in [1.807, 2.05) is 24.3 Å². The minimum atomic E-state index is -0.932. The van der Waals surface area contributed by atoms with Gasteiger partial charge in [-0.2, -0.15) is 0 Å². The van der Waals surface area contributed by atoms with Crippen LogP contribution < -0.4 is 0 Å². The van der Waals surface area contributed by atoms with Crippen LogP contribution in [-0.4, -0.2) is 22.2 Å². The first-order valence-corrected chi connectivity index (χ1v) is 9.19. The fourth-order valence-corrected chi connectivity index (χ4v) is 3.19. The molecule has 0 bridgehead atoms. The quantitative estimate of drug-likeness (QED) is 0.547. The van der Waals surface area contributed by atoms with Gasteiger partial charge < -0.3 is 10.2 Å². The Bertz CT molecular complexity index is 659. The highest BCUT2D eigenvalue weighted by atomic mass is 16.4. The maximum Gasteiger partial charge on any atom is 0.335 e. The predicted octanol–water partition coefficient (Wildman–Crippen LogP) is 5.58. The van der Waals surface area contributed by atoms with Crippen molar-refractivity contribution >= 4 is 11.9 Å². The molecular formula is C22H26O4. The molecule has 2 rings (SSSR count). The van der Waals surface area contributed by atoms with E-state index in [-0.39, 0.29) is 17.0 Å². The number of hydrogen-bond acceptors (Lipinski definition) is 2. The smallest absolute Gasteiger partial charge is 0.335 e. The van der Waals surface area contributed by atoms with Crippen LogP contribution in [0.1, 0.15) is 83.2 Å². The van der Waals surface area contributed by atoms with E-state index in [1.165, 1.54) is 25.7 Å². The average molecular weight is 354 g/mol. The molecule has 0 radical (unpaired) electrons. The van der Waals surface area contributed by atoms with Gasteiger partial charge in [0, 0.05) is 5.92 Å². The highest BCUT2D eigenvalue weighted by Crippen LogP contribution is 2.30. The number of carboxylic acids is 2. The molecule has 0 unspecified atom stereocenters. The number of rotatable bonds is 10. The van der Waals surface area contributed by atoms with Gasteiger partial charge in [-0.15, -0.1) is 0 Å². The van der Waals surface area contributed by atoms with E-state index in [2.05, 4.69) is 6.92 Å². The Labute approximate surface area is 154 Å². The van der Waals surface area contributed by atoms with E-state index < -0.39 is 11.9 Å². The number of hydrogen-bond donors (Lipinski definition) is 2. The van der Waals surface area contributed by atoms with Crippen molar-refractivity contribution in [3.63, 3.8) is 0 Å². The van der Waals surface area contributed by atoms with Crippen molar-refractivity contribution in [2.45, 2.75) is 51.4 Å². The average Bonchev–Trinajstić information content (AvgIpc) is 2.65. The van der Waals surface area contributed by atoms with Crippen LogP contribution in [0.3, 0.4) is 0 Å². The molecule has 2 aromatic rings. The van der Waals surface area contributed by atoms with Gasteiger partial charge in [0.25, 0.3) is 0 Å². The van der Waals surface area contributed by atoms with E-state index in [1.54, 1.807) is 24.3 Å². The highest BCUT2D eigenvalue weighted by Gasteiger charge is 2.15. The van der Waals surface area contributed by atoms with Crippen LogP contribution in [0.25, 0.3) is 0 Å². The van der Waals surface area contributed by atoms with E-state index in [0.29, 0.717) is 0 Å². The first kappa shape index (κ1) is 19.7. The van der Waals surface area contributed by atoms with Gasteiger partial charge in [0.2, 0.25) is 0 Å². The van der Waals surface area contributed by atoms with Gasteiger partial charge in [0.1, 0.15) is 0 Å². The van der Waals surface area contributed by atoms with E-state index in [4.69, 9.17) is 10.2 Å². The molecule has 0 fully saturated rings. The van der Waals surface area contributed by atoms with Crippen LogP contribution in [0, 0.1) is 0 Å². The summed E-state index contributed by atoms with van der Waals surface area (Å²) >= 11 is 0. The summed E-state index contributed by atoms with van der Waals surface area (Å²) in [5.41, 5.74) is 2.68. The topological polar surface area (TPSA) is 74.6 Å². The van der Waals surface area contributed by atoms with Crippen molar-refractivity contribution in [2.24, 2.45) is 0 Å². The van der Waals surface area contributed by atoms with E-state index >= 15 is 0 Å². The molecule has 138 valence electrons. The molecule has 2 N–H and O–H groups in total. The second-order valence-electron chi connectivity index (χ2n) is 6.61. The standard InChI is InChI=1S/C22H26O4/c1-2-3-4-5-6-7-20(16-8-12-18(13-9-16)21(23)24)17-10-14-19(15-11-17)22(25)26/h8-15,20H,2-7H2,1H3,(H,23,24)(H,25,26). The molecule has 4 nitrogen and oxygen atoms in total. The fraction of sp³-hybridized carbons (Fsp3) is 0.364. The summed E-state index contributed by atoms with van der Waals surface area (Å²) < 4.78 is 0. The van der Waals surface area contributed by atoms with E-state index in [9.17, 15) is 9.59 Å². The summed E-state index contributed by atoms with van der Waals surface area (Å²) in [6.45, 7) is 2.19. The maximum atomic E-state index is 11.1. The zero-order chi connectivity index (χ0) is 18.9. The third-order valence-corrected chi connectivity index (χ3v) is 4.72. The fourth-order valence-electron chi connectivity index (χ4n) is 3.19. The number of carbonyl (C=O) groups is 2. The molecule has 0 aliphatic carbocycles. The lowest BCUT2D eigenvalue weighted by Gasteiger charge is -2.19. The van der Waals surface area contributed by atoms with Crippen molar-refractivity contribution < 1.29 is 19.8 Å². The van der Waals surface area contributed by atoms with Crippen molar-refractivity contribution in [3.8, 4) is 0 Å². The van der Waals surface area contributed by atoms with Gasteiger partial charge in [-0.05, 0) is 41.8 Å². The molecule has 2 aromatic carbocycles. The van der Waals surface area contributed by atoms with Gasteiger partial charge in [-0.25, -0.2) is 9.59 Å². The summed E-state index contributed by atoms with van der Waals surface area (Å²) in [6.07, 6.45) is 6.89. The van der Waals surface area contributed by atoms with Gasteiger partial charge in [0.15, 0.2) is 0 Å².